The number of hydrogen-bond acceptors (Lipinski definition) is 27. The number of rotatable bonds is 3. The third-order valence-corrected chi connectivity index (χ3v) is 10.9. The largest absolute Gasteiger partial charge is 0.504 e. The van der Waals surface area contributed by atoms with Crippen molar-refractivity contribution in [3.05, 3.63) is 58.1 Å². The van der Waals surface area contributed by atoms with E-state index in [1.54, 1.807) is 0 Å². The number of ether oxygens (including phenoxy) is 7. The molecule has 0 aromatic heterocycles. The van der Waals surface area contributed by atoms with Crippen molar-refractivity contribution in [1.82, 2.24) is 0 Å². The van der Waals surface area contributed by atoms with E-state index >= 15 is 0 Å². The number of aromatic hydroxyl groups is 14. The number of carbonyl (C=O) groups is 5. The van der Waals surface area contributed by atoms with Gasteiger partial charge >= 0.3 is 29.8 Å². The lowest BCUT2D eigenvalue weighted by Crippen LogP contribution is -2.62. The number of aliphatic hydroxyl groups is 1. The Balaban J connectivity index is 1.30. The fraction of sp³-hybridized carbons (Fsp3) is 0.167. The zero-order chi connectivity index (χ0) is 50.4. The molecule has 27 nitrogen and oxygen atoms in total. The van der Waals surface area contributed by atoms with Crippen LogP contribution in [0.4, 0.5) is 0 Å². The molecule has 0 radical (unpaired) electrons. The molecule has 1 unspecified atom stereocenters. The van der Waals surface area contributed by atoms with Crippen molar-refractivity contribution < 1.29 is 134 Å². The second-order valence-corrected chi connectivity index (χ2v) is 14.9. The van der Waals surface area contributed by atoms with Crippen LogP contribution in [0.3, 0.4) is 0 Å². The summed E-state index contributed by atoms with van der Waals surface area (Å²) in [5.74, 6) is -29.3. The minimum atomic E-state index is -2.51. The van der Waals surface area contributed by atoms with E-state index in [1.165, 1.54) is 0 Å². The van der Waals surface area contributed by atoms with Gasteiger partial charge in [0, 0.05) is 34.4 Å². The van der Waals surface area contributed by atoms with Crippen molar-refractivity contribution in [1.29, 1.82) is 0 Å². The van der Waals surface area contributed by atoms with Gasteiger partial charge in [-0.1, -0.05) is 0 Å². The molecular formula is C42H30O27. The van der Waals surface area contributed by atoms with Crippen molar-refractivity contribution in [3.63, 3.8) is 0 Å². The normalized spacial score (nSPS) is 19.8. The molecule has 0 amide bonds. The number of phenolic OH excluding ortho intramolecular Hbond substituents is 14. The van der Waals surface area contributed by atoms with Crippen molar-refractivity contribution >= 4 is 29.8 Å². The Morgan fingerprint density at radius 2 is 0.884 bits per heavy atom. The molecule has 8 rings (SSSR count). The SMILES string of the molecule is COC(=O)c1cc(O)c(O)c(O)c1Oc1cc2c(c(O)c1O)-c1c(cc(O)c(O)c1O)C(=O)O[C@H]1[C@@H]3OC(=O)c4cc(O)c(O)c(O)c4-c4c(cc(O)c(O)c4O)C(=O)O[C@H]3C(O)O[C@@H]1COC2=O. The van der Waals surface area contributed by atoms with E-state index in [9.17, 15) is 101 Å². The smallest absolute Gasteiger partial charge is 0.341 e. The molecular weight excluding hydrogens is 936 g/mol. The van der Waals surface area contributed by atoms with E-state index in [2.05, 4.69) is 4.74 Å². The van der Waals surface area contributed by atoms with E-state index < -0.39 is 209 Å². The summed E-state index contributed by atoms with van der Waals surface area (Å²) in [5.41, 5.74) is -9.40. The molecule has 360 valence electrons. The molecule has 27 heteroatoms. The lowest BCUT2D eigenvalue weighted by Gasteiger charge is -2.43. The Kier molecular flexibility index (Phi) is 10.9. The number of cyclic esters (lactones) is 1. The van der Waals surface area contributed by atoms with Crippen molar-refractivity contribution in [3.8, 4) is 114 Å². The zero-order valence-corrected chi connectivity index (χ0v) is 34.1. The third-order valence-electron chi connectivity index (χ3n) is 10.9. The highest BCUT2D eigenvalue weighted by Gasteiger charge is 2.54. The number of hydrogen-bond donors (Lipinski definition) is 15. The van der Waals surface area contributed by atoms with E-state index in [0.29, 0.717) is 30.3 Å². The average Bonchev–Trinajstić information content (AvgIpc) is 3.32. The number of methoxy groups -OCH3 is 1. The fourth-order valence-electron chi connectivity index (χ4n) is 7.63. The number of carbonyl (C=O) groups excluding carboxylic acids is 5. The van der Waals surface area contributed by atoms with Crippen molar-refractivity contribution in [2.75, 3.05) is 13.7 Å². The Labute approximate surface area is 380 Å². The van der Waals surface area contributed by atoms with Gasteiger partial charge in [0.15, 0.2) is 82.1 Å². The Hall–Kier alpha value is -9.63. The Bertz CT molecular complexity index is 3120. The second-order valence-electron chi connectivity index (χ2n) is 14.9. The van der Waals surface area contributed by atoms with Gasteiger partial charge in [-0.3, -0.25) is 0 Å². The van der Waals surface area contributed by atoms with Gasteiger partial charge in [-0.05, 0) is 18.2 Å². The molecule has 3 aliphatic heterocycles. The summed E-state index contributed by atoms with van der Waals surface area (Å²) in [5, 5.41) is 161. The highest BCUT2D eigenvalue weighted by atomic mass is 16.7. The van der Waals surface area contributed by atoms with Gasteiger partial charge in [0.05, 0.1) is 29.4 Å². The van der Waals surface area contributed by atoms with Gasteiger partial charge in [-0.2, -0.15) is 0 Å². The number of phenols is 14. The Morgan fingerprint density at radius 1 is 0.493 bits per heavy atom. The zero-order valence-electron chi connectivity index (χ0n) is 34.1. The van der Waals surface area contributed by atoms with Gasteiger partial charge in [0.25, 0.3) is 0 Å². The first-order chi connectivity index (χ1) is 32.5. The molecule has 1 fully saturated rings. The summed E-state index contributed by atoms with van der Waals surface area (Å²) in [6, 6.07) is 2.33. The molecule has 5 aromatic carbocycles. The van der Waals surface area contributed by atoms with Gasteiger partial charge in [-0.25, -0.2) is 24.0 Å². The van der Waals surface area contributed by atoms with Crippen LogP contribution in [0.1, 0.15) is 51.8 Å². The maximum atomic E-state index is 14.4. The molecule has 1 saturated heterocycles. The maximum Gasteiger partial charge on any atom is 0.341 e. The third kappa shape index (κ3) is 7.12. The van der Waals surface area contributed by atoms with Gasteiger partial charge in [0.1, 0.15) is 18.3 Å². The van der Waals surface area contributed by atoms with Crippen LogP contribution < -0.4 is 4.74 Å². The molecule has 0 spiro atoms. The van der Waals surface area contributed by atoms with E-state index in [1.807, 2.05) is 0 Å². The molecule has 3 aliphatic rings. The van der Waals surface area contributed by atoms with Crippen LogP contribution in [0.25, 0.3) is 22.3 Å². The summed E-state index contributed by atoms with van der Waals surface area (Å²) in [7, 11) is 0.859. The van der Waals surface area contributed by atoms with E-state index in [0.717, 1.165) is 7.11 Å². The Morgan fingerprint density at radius 3 is 1.35 bits per heavy atom. The monoisotopic (exact) mass is 966 g/mol. The van der Waals surface area contributed by atoms with Gasteiger partial charge < -0.3 is 110 Å². The van der Waals surface area contributed by atoms with Crippen LogP contribution in [0, 0.1) is 0 Å². The topological polar surface area (TPSA) is 453 Å². The van der Waals surface area contributed by atoms with Gasteiger partial charge in [-0.15, -0.1) is 0 Å². The fourth-order valence-corrected chi connectivity index (χ4v) is 7.63. The van der Waals surface area contributed by atoms with E-state index in [-0.39, 0.29) is 0 Å². The van der Waals surface area contributed by atoms with Crippen LogP contribution >= 0.6 is 0 Å². The molecule has 5 atom stereocenters. The number of benzene rings is 5. The summed E-state index contributed by atoms with van der Waals surface area (Å²) in [4.78, 5) is 69.4. The molecule has 0 bridgehead atoms. The highest BCUT2D eigenvalue weighted by molar-refractivity contribution is 6.10. The summed E-state index contributed by atoms with van der Waals surface area (Å²) < 4.78 is 37.6. The molecule has 5 aromatic rings. The quantitative estimate of drug-likeness (QED) is 0.0694. The van der Waals surface area contributed by atoms with Crippen LogP contribution in [0.2, 0.25) is 0 Å². The minimum Gasteiger partial charge on any atom is -0.504 e. The summed E-state index contributed by atoms with van der Waals surface area (Å²) >= 11 is 0. The minimum absolute atomic E-state index is 0.393. The number of aliphatic hydroxyl groups excluding tert-OH is 1. The summed E-state index contributed by atoms with van der Waals surface area (Å²) in [6.07, 6.45) is -11.7. The molecule has 0 aliphatic carbocycles. The highest BCUT2D eigenvalue weighted by Crippen LogP contribution is 2.57. The van der Waals surface area contributed by atoms with E-state index in [4.69, 9.17) is 28.4 Å². The second kappa shape index (κ2) is 16.4. The van der Waals surface area contributed by atoms with Crippen LogP contribution in [-0.4, -0.2) is 151 Å². The summed E-state index contributed by atoms with van der Waals surface area (Å²) in [6.45, 7) is -1.23. The molecule has 3 heterocycles. The average molecular weight is 967 g/mol. The van der Waals surface area contributed by atoms with Crippen LogP contribution in [-0.2, 0) is 28.4 Å². The first-order valence-electron chi connectivity index (χ1n) is 19.1. The predicted molar refractivity (Wildman–Crippen MR) is 214 cm³/mol. The first kappa shape index (κ1) is 45.9. The predicted octanol–water partition coefficient (Wildman–Crippen LogP) is 1.66. The lowest BCUT2D eigenvalue weighted by atomic mass is 9.91. The van der Waals surface area contributed by atoms with Gasteiger partial charge in [0.2, 0.25) is 34.5 Å². The van der Waals surface area contributed by atoms with Crippen molar-refractivity contribution in [2.24, 2.45) is 0 Å². The van der Waals surface area contributed by atoms with Crippen molar-refractivity contribution in [2.45, 2.75) is 30.7 Å². The lowest BCUT2D eigenvalue weighted by molar-refractivity contribution is -0.284. The molecule has 0 saturated carbocycles. The number of esters is 5. The first-order valence-corrected chi connectivity index (χ1v) is 19.1. The molecule has 69 heavy (non-hydrogen) atoms. The maximum absolute atomic E-state index is 14.4. The standard InChI is InChI=1S/C42H30O27/c1-63-37(57)12-5-16(46)26(50)32(56)33(12)65-17-6-11-22(31(55)27(17)51)21-8(2-13(43)25(49)30(21)54)39(59)67-34-18(7-64-38(11)58)66-42(62)36-35(34)68-40(60)9-3-14(44)23(47)28(52)19(9)20-10(41(61)69-36)4-15(45)24(48)29(20)53/h2-6,18,34-36,42-56,62H,7H2,1H3/t18-,34-,35+,36-,42?/m1/s1. The molecule has 15 N–H and O–H groups in total. The van der Waals surface area contributed by atoms with Crippen LogP contribution in [0.15, 0.2) is 30.3 Å². The number of fused-ring (bicyclic) bond motifs is 9. The van der Waals surface area contributed by atoms with Crippen LogP contribution in [0.5, 0.6) is 92.0 Å².